The average molecular weight is 1080 g/mol. The SMILES string of the molecule is COc1ccc(C(OC[C@H]2O[C@@H](n3ccc(=O)[nH]c3=O)[C@H](F)[C@@H]2CCN(C[C@@H]2O[C@@H](n3ccc(=O)[nH]c3=O)[C@H](OC)[C@@H]2C(C#N)COP(O)N(C(C)C)C(C)C)C(F)(F)F)(c2ccccc2)c2ccc(OC)cc2)cc1. The molecular weight excluding hydrogens is 1020 g/mol. The van der Waals surface area contributed by atoms with Crippen molar-refractivity contribution in [3.8, 4) is 17.6 Å². The summed E-state index contributed by atoms with van der Waals surface area (Å²) in [5.74, 6) is -2.91. The van der Waals surface area contributed by atoms with E-state index in [1.54, 1.807) is 65.3 Å². The third-order valence-electron chi connectivity index (χ3n) is 13.8. The van der Waals surface area contributed by atoms with Gasteiger partial charge in [0.15, 0.2) is 18.6 Å². The number of alkyl halides is 4. The van der Waals surface area contributed by atoms with Crippen LogP contribution in [0.4, 0.5) is 17.6 Å². The van der Waals surface area contributed by atoms with E-state index in [1.165, 1.54) is 21.3 Å². The summed E-state index contributed by atoms with van der Waals surface area (Å²) in [7, 11) is 1.95. The minimum atomic E-state index is -5.13. The number of halogens is 4. The quantitative estimate of drug-likeness (QED) is 0.0287. The van der Waals surface area contributed by atoms with E-state index >= 15 is 17.6 Å². The van der Waals surface area contributed by atoms with Crippen molar-refractivity contribution in [3.05, 3.63) is 162 Å². The van der Waals surface area contributed by atoms with E-state index in [-0.39, 0.29) is 17.0 Å². The summed E-state index contributed by atoms with van der Waals surface area (Å²) in [4.78, 5) is 66.1. The van der Waals surface area contributed by atoms with E-state index in [0.717, 1.165) is 33.7 Å². The largest absolute Gasteiger partial charge is 0.497 e. The second-order valence-electron chi connectivity index (χ2n) is 18.9. The molecule has 2 aliphatic rings. The number of aromatic amines is 2. The van der Waals surface area contributed by atoms with Gasteiger partial charge in [0, 0.05) is 68.6 Å². The first-order chi connectivity index (χ1) is 36.2. The molecular formula is C52H62F4N7O12P. The molecule has 2 fully saturated rings. The van der Waals surface area contributed by atoms with E-state index in [9.17, 15) is 29.3 Å². The van der Waals surface area contributed by atoms with Gasteiger partial charge in [-0.2, -0.15) is 18.4 Å². The number of H-pyrrole nitrogens is 2. The number of methoxy groups -OCH3 is 3. The van der Waals surface area contributed by atoms with Gasteiger partial charge in [0.2, 0.25) is 0 Å². The molecule has 10 atom stereocenters. The summed E-state index contributed by atoms with van der Waals surface area (Å²) in [6.07, 6.45) is -13.1. The van der Waals surface area contributed by atoms with Gasteiger partial charge in [-0.15, -0.1) is 0 Å². The Bertz CT molecular complexity index is 2920. The Morgan fingerprint density at radius 2 is 1.28 bits per heavy atom. The van der Waals surface area contributed by atoms with Crippen molar-refractivity contribution in [1.82, 2.24) is 28.7 Å². The summed E-state index contributed by atoms with van der Waals surface area (Å²) in [5, 5.41) is 10.7. The van der Waals surface area contributed by atoms with Gasteiger partial charge in [0.25, 0.3) is 19.6 Å². The first-order valence-corrected chi connectivity index (χ1v) is 25.6. The number of rotatable bonds is 23. The molecule has 24 heteroatoms. The van der Waals surface area contributed by atoms with Gasteiger partial charge in [-0.25, -0.2) is 23.5 Å². The maximum atomic E-state index is 17.4. The van der Waals surface area contributed by atoms with Crippen molar-refractivity contribution in [2.45, 2.75) is 95.0 Å². The number of benzene rings is 3. The molecule has 0 radical (unpaired) electrons. The fourth-order valence-corrected chi connectivity index (χ4v) is 11.4. The monoisotopic (exact) mass is 1080 g/mol. The van der Waals surface area contributed by atoms with Crippen LogP contribution in [0, 0.1) is 29.1 Å². The molecule has 5 aromatic rings. The molecule has 3 aromatic carbocycles. The van der Waals surface area contributed by atoms with Crippen molar-refractivity contribution in [3.63, 3.8) is 0 Å². The fourth-order valence-electron chi connectivity index (χ4n) is 10.2. The van der Waals surface area contributed by atoms with Crippen LogP contribution in [0.3, 0.4) is 0 Å². The summed E-state index contributed by atoms with van der Waals surface area (Å²) in [5.41, 5.74) is -3.21. The lowest BCUT2D eigenvalue weighted by atomic mass is 9.80. The Kier molecular flexibility index (Phi) is 18.9. The maximum absolute atomic E-state index is 17.4. The van der Waals surface area contributed by atoms with E-state index < -0.39 is 130 Å². The molecule has 2 aromatic heterocycles. The predicted octanol–water partition coefficient (Wildman–Crippen LogP) is 6.20. The Morgan fingerprint density at radius 3 is 1.75 bits per heavy atom. The van der Waals surface area contributed by atoms with Gasteiger partial charge in [0.05, 0.1) is 51.6 Å². The Labute approximate surface area is 436 Å². The lowest BCUT2D eigenvalue weighted by Crippen LogP contribution is -2.48. The second-order valence-corrected chi connectivity index (χ2v) is 20.1. The first-order valence-electron chi connectivity index (χ1n) is 24.5. The highest BCUT2D eigenvalue weighted by atomic mass is 31.2. The number of nitriles is 1. The summed E-state index contributed by atoms with van der Waals surface area (Å²) in [6.45, 7) is 4.51. The van der Waals surface area contributed by atoms with E-state index in [2.05, 4.69) is 16.0 Å². The maximum Gasteiger partial charge on any atom is 0.460 e. The van der Waals surface area contributed by atoms with Gasteiger partial charge in [0.1, 0.15) is 23.2 Å². The average Bonchev–Trinajstić information content (AvgIpc) is 3.95. The fraction of sp³-hybridized carbons (Fsp3) is 0.481. The zero-order chi connectivity index (χ0) is 55.1. The van der Waals surface area contributed by atoms with Crippen LogP contribution in [0.15, 0.2) is 123 Å². The smallest absolute Gasteiger partial charge is 0.460 e. The van der Waals surface area contributed by atoms with Crippen LogP contribution in [0.1, 0.15) is 63.3 Å². The summed E-state index contributed by atoms with van der Waals surface area (Å²) in [6, 6.07) is 26.8. The highest BCUT2D eigenvalue weighted by Gasteiger charge is 2.54. The van der Waals surface area contributed by atoms with E-state index in [1.807, 2.05) is 45.9 Å². The predicted molar refractivity (Wildman–Crippen MR) is 270 cm³/mol. The number of hydrogen-bond donors (Lipinski definition) is 3. The lowest BCUT2D eigenvalue weighted by Gasteiger charge is -2.37. The number of ether oxygens (including phenoxy) is 6. The van der Waals surface area contributed by atoms with Crippen LogP contribution >= 0.6 is 8.53 Å². The number of aromatic nitrogens is 4. The normalized spacial score (nSPS) is 22.8. The van der Waals surface area contributed by atoms with E-state index in [0.29, 0.717) is 28.2 Å². The summed E-state index contributed by atoms with van der Waals surface area (Å²) >= 11 is 0. The minimum absolute atomic E-state index is 0.0933. The van der Waals surface area contributed by atoms with Crippen LogP contribution in [0.5, 0.6) is 11.5 Å². The van der Waals surface area contributed by atoms with Crippen LogP contribution in [-0.4, -0.2) is 124 Å². The molecule has 2 unspecified atom stereocenters. The third kappa shape index (κ3) is 12.5. The zero-order valence-corrected chi connectivity index (χ0v) is 43.7. The molecule has 3 N–H and O–H groups in total. The third-order valence-corrected chi connectivity index (χ3v) is 15.5. The van der Waals surface area contributed by atoms with Gasteiger partial charge in [-0.1, -0.05) is 54.6 Å². The van der Waals surface area contributed by atoms with Crippen molar-refractivity contribution in [2.75, 3.05) is 47.6 Å². The molecule has 410 valence electrons. The van der Waals surface area contributed by atoms with Crippen molar-refractivity contribution in [2.24, 2.45) is 17.8 Å². The van der Waals surface area contributed by atoms with Crippen LogP contribution < -0.4 is 32.0 Å². The molecule has 0 spiro atoms. The molecule has 0 bridgehead atoms. The molecule has 19 nitrogen and oxygen atoms in total. The number of nitrogens with zero attached hydrogens (tertiary/aromatic N) is 5. The van der Waals surface area contributed by atoms with Gasteiger partial charge in [-0.05, 0) is 75.1 Å². The van der Waals surface area contributed by atoms with Gasteiger partial charge < -0.3 is 37.8 Å². The topological polar surface area (TPSA) is 225 Å². The van der Waals surface area contributed by atoms with Gasteiger partial charge >= 0.3 is 17.7 Å². The number of hydrogen-bond acceptors (Lipinski definition) is 15. The molecule has 2 aliphatic heterocycles. The molecule has 7 rings (SSSR count). The highest BCUT2D eigenvalue weighted by molar-refractivity contribution is 7.43. The van der Waals surface area contributed by atoms with Crippen molar-refractivity contribution < 1.29 is 55.4 Å². The Balaban J connectivity index is 1.25. The van der Waals surface area contributed by atoms with Crippen LogP contribution in [-0.2, 0) is 29.1 Å². The molecule has 0 aliphatic carbocycles. The highest BCUT2D eigenvalue weighted by Crippen LogP contribution is 2.47. The first kappa shape index (κ1) is 57.6. The molecule has 4 heterocycles. The number of nitrogens with one attached hydrogen (secondary N) is 2. The second kappa shape index (κ2) is 24.9. The lowest BCUT2D eigenvalue weighted by molar-refractivity contribution is -0.254. The van der Waals surface area contributed by atoms with Crippen LogP contribution in [0.25, 0.3) is 0 Å². The molecule has 0 amide bonds. The van der Waals surface area contributed by atoms with Crippen molar-refractivity contribution >= 4 is 8.53 Å². The van der Waals surface area contributed by atoms with Crippen molar-refractivity contribution in [1.29, 1.82) is 5.26 Å². The Morgan fingerprint density at radius 1 is 0.763 bits per heavy atom. The zero-order valence-electron chi connectivity index (χ0n) is 42.8. The molecule has 76 heavy (non-hydrogen) atoms. The molecule has 0 saturated carbocycles. The van der Waals surface area contributed by atoms with Gasteiger partial charge in [-0.3, -0.25) is 28.7 Å². The standard InChI is InChI=1S/C52H62F4N7O12P/c1-31(2)63(32(3)4)76(68)73-29-33(27-57)44-40(74-48(46(44)71-7)62-26-23-43(65)59-50(62)67)28-60(52(54,55)56)24-21-39-41(75-47(45(39)53)61-25-22-42(64)58-49(61)66)30-72-51(34-11-9-8-10-12-34,35-13-17-37(69-5)18-14-35)36-15-19-38(70-6)20-16-36/h8-20,22-23,25-26,31-33,39-41,44-48,68H,21,24,28-30H2,1-7H3,(H,58,64,66)(H,59,65,67)/t33?,39-,40+,41-,44-,45-,46-,47-,48-,76?/m1/s1. The van der Waals surface area contributed by atoms with E-state index in [4.69, 9.17) is 32.9 Å². The summed E-state index contributed by atoms with van der Waals surface area (Å²) < 4.78 is 110. The van der Waals surface area contributed by atoms with Crippen LogP contribution in [0.2, 0.25) is 0 Å². The Hall–Kier alpha value is -6.06. The molecule has 2 saturated heterocycles. The minimum Gasteiger partial charge on any atom is -0.497 e.